The molecule has 2 heterocycles. The minimum absolute atomic E-state index is 0.320. The van der Waals surface area contributed by atoms with E-state index in [1.165, 1.54) is 5.56 Å². The standard InChI is InChI=1S/C11H11NOS/c13-10-6-11-12(10)7-9(14-11)8-4-2-1-3-5-8/h1-5,9,11H,6-7H2/t9?,11-/m0/s1. The Morgan fingerprint density at radius 1 is 1.29 bits per heavy atom. The van der Waals surface area contributed by atoms with Gasteiger partial charge in [-0.15, -0.1) is 11.8 Å². The van der Waals surface area contributed by atoms with Crippen LogP contribution < -0.4 is 0 Å². The number of thioether (sulfide) groups is 1. The lowest BCUT2D eigenvalue weighted by atomic mass is 10.1. The highest BCUT2D eigenvalue weighted by Gasteiger charge is 2.44. The van der Waals surface area contributed by atoms with Gasteiger partial charge in [-0.1, -0.05) is 30.3 Å². The molecule has 2 saturated heterocycles. The molecule has 0 aliphatic carbocycles. The van der Waals surface area contributed by atoms with Gasteiger partial charge < -0.3 is 4.90 Å². The molecule has 72 valence electrons. The van der Waals surface area contributed by atoms with Crippen molar-refractivity contribution in [2.24, 2.45) is 0 Å². The molecule has 2 fully saturated rings. The fraction of sp³-hybridized carbons (Fsp3) is 0.364. The first-order chi connectivity index (χ1) is 6.84. The Kier molecular flexibility index (Phi) is 1.80. The van der Waals surface area contributed by atoms with E-state index in [1.807, 2.05) is 22.7 Å². The Morgan fingerprint density at radius 3 is 2.71 bits per heavy atom. The Hall–Kier alpha value is -0.960. The van der Waals surface area contributed by atoms with E-state index in [2.05, 4.69) is 24.3 Å². The molecule has 2 aliphatic rings. The molecule has 1 unspecified atom stereocenters. The number of β-lactam (4-membered cyclic amide) rings is 1. The van der Waals surface area contributed by atoms with Gasteiger partial charge in [-0.25, -0.2) is 0 Å². The van der Waals surface area contributed by atoms with Gasteiger partial charge in [0.15, 0.2) is 0 Å². The molecular formula is C11H11NOS. The van der Waals surface area contributed by atoms with Crippen molar-refractivity contribution in [1.29, 1.82) is 0 Å². The van der Waals surface area contributed by atoms with Crippen molar-refractivity contribution >= 4 is 17.7 Å². The van der Waals surface area contributed by atoms with Gasteiger partial charge in [0.05, 0.1) is 11.8 Å². The molecule has 1 aromatic rings. The number of fused-ring (bicyclic) bond motifs is 1. The minimum atomic E-state index is 0.320. The Balaban J connectivity index is 1.80. The van der Waals surface area contributed by atoms with Crippen LogP contribution in [0.4, 0.5) is 0 Å². The highest BCUT2D eigenvalue weighted by atomic mass is 32.2. The number of rotatable bonds is 1. The summed E-state index contributed by atoms with van der Waals surface area (Å²) in [7, 11) is 0. The van der Waals surface area contributed by atoms with E-state index < -0.39 is 0 Å². The van der Waals surface area contributed by atoms with E-state index in [9.17, 15) is 4.79 Å². The first kappa shape index (κ1) is 8.36. The van der Waals surface area contributed by atoms with Crippen LogP contribution in [0.2, 0.25) is 0 Å². The molecule has 0 bridgehead atoms. The second kappa shape index (κ2) is 3.02. The lowest BCUT2D eigenvalue weighted by molar-refractivity contribution is -0.140. The van der Waals surface area contributed by atoms with Crippen molar-refractivity contribution in [3.8, 4) is 0 Å². The minimum Gasteiger partial charge on any atom is -0.329 e. The van der Waals surface area contributed by atoms with Gasteiger partial charge in [0.25, 0.3) is 0 Å². The van der Waals surface area contributed by atoms with Gasteiger partial charge in [-0.3, -0.25) is 4.79 Å². The largest absolute Gasteiger partial charge is 0.329 e. The molecule has 0 saturated carbocycles. The molecule has 3 rings (SSSR count). The van der Waals surface area contributed by atoms with Gasteiger partial charge in [-0.2, -0.15) is 0 Å². The topological polar surface area (TPSA) is 20.3 Å². The van der Waals surface area contributed by atoms with Crippen LogP contribution in [0.1, 0.15) is 17.2 Å². The molecule has 2 nitrogen and oxygen atoms in total. The van der Waals surface area contributed by atoms with Crippen molar-refractivity contribution in [3.05, 3.63) is 35.9 Å². The third kappa shape index (κ3) is 1.16. The molecule has 0 aromatic heterocycles. The van der Waals surface area contributed by atoms with Crippen LogP contribution in [-0.4, -0.2) is 22.7 Å². The summed E-state index contributed by atoms with van der Waals surface area (Å²) in [6.07, 6.45) is 0.744. The maximum absolute atomic E-state index is 11.2. The summed E-state index contributed by atoms with van der Waals surface area (Å²) in [6, 6.07) is 10.5. The van der Waals surface area contributed by atoms with Gasteiger partial charge in [0.2, 0.25) is 5.91 Å². The van der Waals surface area contributed by atoms with E-state index in [0.717, 1.165) is 13.0 Å². The van der Waals surface area contributed by atoms with E-state index >= 15 is 0 Å². The van der Waals surface area contributed by atoms with Crippen LogP contribution in [0.15, 0.2) is 30.3 Å². The zero-order chi connectivity index (χ0) is 9.54. The molecule has 0 N–H and O–H groups in total. The number of benzene rings is 1. The number of nitrogens with zero attached hydrogens (tertiary/aromatic N) is 1. The van der Waals surface area contributed by atoms with E-state index in [0.29, 0.717) is 16.5 Å². The average Bonchev–Trinajstić information content (AvgIpc) is 2.57. The van der Waals surface area contributed by atoms with E-state index in [4.69, 9.17) is 0 Å². The molecule has 1 aromatic carbocycles. The molecular weight excluding hydrogens is 194 g/mol. The molecule has 0 spiro atoms. The second-order valence-corrected chi connectivity index (χ2v) is 5.13. The van der Waals surface area contributed by atoms with Gasteiger partial charge in [0.1, 0.15) is 0 Å². The highest BCUT2D eigenvalue weighted by Crippen LogP contribution is 2.47. The molecule has 2 aliphatic heterocycles. The van der Waals surface area contributed by atoms with Crippen LogP contribution in [-0.2, 0) is 4.79 Å². The number of hydrogen-bond donors (Lipinski definition) is 0. The SMILES string of the molecule is O=C1C[C@@H]2SC(c3ccccc3)CN12. The van der Waals surface area contributed by atoms with Crippen molar-refractivity contribution in [1.82, 2.24) is 4.90 Å². The van der Waals surface area contributed by atoms with Crippen molar-refractivity contribution in [3.63, 3.8) is 0 Å². The Labute approximate surface area is 87.3 Å². The molecule has 3 heteroatoms. The fourth-order valence-electron chi connectivity index (χ4n) is 2.03. The predicted octanol–water partition coefficient (Wildman–Crippen LogP) is 2.03. The Bertz CT molecular complexity index is 365. The summed E-state index contributed by atoms with van der Waals surface area (Å²) in [6.45, 7) is 0.901. The first-order valence-corrected chi connectivity index (χ1v) is 5.79. The second-order valence-electron chi connectivity index (χ2n) is 3.74. The first-order valence-electron chi connectivity index (χ1n) is 4.84. The summed E-state index contributed by atoms with van der Waals surface area (Å²) in [5.74, 6) is 0.320. The normalized spacial score (nSPS) is 30.0. The van der Waals surface area contributed by atoms with Crippen molar-refractivity contribution < 1.29 is 4.79 Å². The smallest absolute Gasteiger partial charge is 0.226 e. The quantitative estimate of drug-likeness (QED) is 0.654. The van der Waals surface area contributed by atoms with Crippen molar-refractivity contribution in [2.45, 2.75) is 17.0 Å². The van der Waals surface area contributed by atoms with Gasteiger partial charge in [-0.05, 0) is 5.56 Å². The third-order valence-electron chi connectivity index (χ3n) is 2.87. The Morgan fingerprint density at radius 2 is 2.07 bits per heavy atom. The number of hydrogen-bond acceptors (Lipinski definition) is 2. The molecule has 0 radical (unpaired) electrons. The predicted molar refractivity (Wildman–Crippen MR) is 56.9 cm³/mol. The molecule has 14 heavy (non-hydrogen) atoms. The fourth-order valence-corrected chi connectivity index (χ4v) is 3.56. The van der Waals surface area contributed by atoms with Gasteiger partial charge >= 0.3 is 0 Å². The molecule has 2 atom stereocenters. The maximum Gasteiger partial charge on any atom is 0.226 e. The summed E-state index contributed by atoms with van der Waals surface area (Å²) >= 11 is 1.92. The summed E-state index contributed by atoms with van der Waals surface area (Å²) < 4.78 is 0. The lowest BCUT2D eigenvalue weighted by Gasteiger charge is -2.32. The maximum atomic E-state index is 11.2. The van der Waals surface area contributed by atoms with E-state index in [-0.39, 0.29) is 0 Å². The van der Waals surface area contributed by atoms with Crippen molar-refractivity contribution in [2.75, 3.05) is 6.54 Å². The van der Waals surface area contributed by atoms with E-state index in [1.54, 1.807) is 0 Å². The zero-order valence-corrected chi connectivity index (χ0v) is 8.54. The monoisotopic (exact) mass is 205 g/mol. The van der Waals surface area contributed by atoms with Crippen LogP contribution in [0, 0.1) is 0 Å². The van der Waals surface area contributed by atoms with Crippen LogP contribution >= 0.6 is 11.8 Å². The van der Waals surface area contributed by atoms with Crippen LogP contribution in [0.25, 0.3) is 0 Å². The van der Waals surface area contributed by atoms with Gasteiger partial charge in [0, 0.05) is 11.8 Å². The number of amides is 1. The molecule has 1 amide bonds. The van der Waals surface area contributed by atoms with Crippen LogP contribution in [0.3, 0.4) is 0 Å². The summed E-state index contributed by atoms with van der Waals surface area (Å²) in [5, 5.41) is 0.959. The van der Waals surface area contributed by atoms with Crippen LogP contribution in [0.5, 0.6) is 0 Å². The average molecular weight is 205 g/mol. The lowest BCUT2D eigenvalue weighted by Crippen LogP contribution is -2.46. The highest BCUT2D eigenvalue weighted by molar-refractivity contribution is 8.00. The zero-order valence-electron chi connectivity index (χ0n) is 7.72. The third-order valence-corrected chi connectivity index (χ3v) is 4.36. The number of carbonyl (C=O) groups is 1. The summed E-state index contributed by atoms with van der Waals surface area (Å²) in [5.41, 5.74) is 1.35. The number of carbonyl (C=O) groups excluding carboxylic acids is 1. The summed E-state index contributed by atoms with van der Waals surface area (Å²) in [4.78, 5) is 13.2.